The van der Waals surface area contributed by atoms with Gasteiger partial charge in [-0.1, -0.05) is 66.2 Å². The Hall–Kier alpha value is -0.410. The predicted octanol–water partition coefficient (Wildman–Crippen LogP) is 4.85. The number of likely N-dealkylation sites (N-methyl/N-ethyl adjacent to an activating group) is 2. The van der Waals surface area contributed by atoms with Crippen molar-refractivity contribution >= 4 is 6.29 Å². The van der Waals surface area contributed by atoms with Gasteiger partial charge in [0, 0.05) is 13.1 Å². The van der Waals surface area contributed by atoms with Gasteiger partial charge >= 0.3 is 0 Å². The number of carbonyl (C=O) groups excluding carboxylic acids is 1. The van der Waals surface area contributed by atoms with Crippen LogP contribution in [-0.2, 0) is 4.79 Å². The summed E-state index contributed by atoms with van der Waals surface area (Å²) in [4.78, 5) is 13.7. The Labute approximate surface area is 141 Å². The molecule has 0 amide bonds. The number of aldehydes is 1. The SMILES string of the molecule is CC.CC=O.CCCCCCCCCN(CC)CCN(C)C. The largest absolute Gasteiger partial charge is 0.308 e. The van der Waals surface area contributed by atoms with Crippen molar-refractivity contribution in [1.82, 2.24) is 9.80 Å². The highest BCUT2D eigenvalue weighted by Gasteiger charge is 2.02. The fourth-order valence-corrected chi connectivity index (χ4v) is 2.06. The van der Waals surface area contributed by atoms with Crippen LogP contribution in [0, 0.1) is 0 Å². The van der Waals surface area contributed by atoms with Gasteiger partial charge in [0.1, 0.15) is 6.29 Å². The van der Waals surface area contributed by atoms with Gasteiger partial charge in [-0.25, -0.2) is 0 Å². The van der Waals surface area contributed by atoms with Crippen LogP contribution >= 0.6 is 0 Å². The molecule has 0 rings (SSSR count). The van der Waals surface area contributed by atoms with E-state index >= 15 is 0 Å². The minimum absolute atomic E-state index is 0.750. The lowest BCUT2D eigenvalue weighted by molar-refractivity contribution is -0.106. The Bertz CT molecular complexity index is 184. The van der Waals surface area contributed by atoms with Crippen LogP contribution in [0.2, 0.25) is 0 Å². The maximum atomic E-state index is 8.81. The van der Waals surface area contributed by atoms with E-state index in [0.29, 0.717) is 0 Å². The molecular weight excluding hydrogens is 272 g/mol. The van der Waals surface area contributed by atoms with Gasteiger partial charge in [-0.2, -0.15) is 0 Å². The Morgan fingerprint density at radius 1 is 0.773 bits per heavy atom. The van der Waals surface area contributed by atoms with Gasteiger partial charge < -0.3 is 14.6 Å². The number of rotatable bonds is 12. The molecule has 3 heteroatoms. The van der Waals surface area contributed by atoms with Gasteiger partial charge in [0.05, 0.1) is 0 Å². The third-order valence-corrected chi connectivity index (χ3v) is 3.39. The maximum Gasteiger partial charge on any atom is 0.116 e. The Kier molecular flexibility index (Phi) is 30.7. The first-order valence-electron chi connectivity index (χ1n) is 9.39. The van der Waals surface area contributed by atoms with E-state index in [1.165, 1.54) is 78.0 Å². The summed E-state index contributed by atoms with van der Waals surface area (Å²) in [5.41, 5.74) is 0. The second kappa shape index (κ2) is 25.5. The third kappa shape index (κ3) is 27.9. The summed E-state index contributed by atoms with van der Waals surface area (Å²) in [6, 6.07) is 0. The lowest BCUT2D eigenvalue weighted by Crippen LogP contribution is -2.32. The Morgan fingerprint density at radius 3 is 1.64 bits per heavy atom. The molecule has 0 aliphatic carbocycles. The van der Waals surface area contributed by atoms with Gasteiger partial charge in [-0.3, -0.25) is 0 Å². The van der Waals surface area contributed by atoms with Gasteiger partial charge in [-0.15, -0.1) is 0 Å². The maximum absolute atomic E-state index is 8.81. The van der Waals surface area contributed by atoms with E-state index in [9.17, 15) is 0 Å². The van der Waals surface area contributed by atoms with Crippen molar-refractivity contribution in [3.63, 3.8) is 0 Å². The molecular formula is C19H44N2O. The lowest BCUT2D eigenvalue weighted by atomic mass is 10.1. The average molecular weight is 317 g/mol. The van der Waals surface area contributed by atoms with Crippen LogP contribution < -0.4 is 0 Å². The summed E-state index contributed by atoms with van der Waals surface area (Å²) < 4.78 is 0. The van der Waals surface area contributed by atoms with E-state index in [2.05, 4.69) is 37.7 Å². The highest BCUT2D eigenvalue weighted by molar-refractivity contribution is 5.44. The van der Waals surface area contributed by atoms with Crippen molar-refractivity contribution in [3.8, 4) is 0 Å². The fraction of sp³-hybridized carbons (Fsp3) is 0.947. The van der Waals surface area contributed by atoms with Gasteiger partial charge in [0.15, 0.2) is 0 Å². The summed E-state index contributed by atoms with van der Waals surface area (Å²) in [6.07, 6.45) is 10.6. The second-order valence-corrected chi connectivity index (χ2v) is 5.59. The van der Waals surface area contributed by atoms with Crippen molar-refractivity contribution in [2.45, 2.75) is 79.6 Å². The minimum atomic E-state index is 0.750. The zero-order valence-electron chi connectivity index (χ0n) is 16.7. The molecule has 0 radical (unpaired) electrons. The van der Waals surface area contributed by atoms with Crippen LogP contribution in [0.5, 0.6) is 0 Å². The molecule has 0 fully saturated rings. The summed E-state index contributed by atoms with van der Waals surface area (Å²) in [5.74, 6) is 0. The van der Waals surface area contributed by atoms with Gasteiger partial charge in [0.25, 0.3) is 0 Å². The fourth-order valence-electron chi connectivity index (χ4n) is 2.06. The molecule has 0 aromatic carbocycles. The highest BCUT2D eigenvalue weighted by atomic mass is 16.1. The van der Waals surface area contributed by atoms with Gasteiger partial charge in [-0.05, 0) is 40.5 Å². The van der Waals surface area contributed by atoms with E-state index in [-0.39, 0.29) is 0 Å². The zero-order valence-corrected chi connectivity index (χ0v) is 16.7. The summed E-state index contributed by atoms with van der Waals surface area (Å²) in [6.45, 7) is 14.9. The van der Waals surface area contributed by atoms with E-state index in [1.807, 2.05) is 13.8 Å². The number of nitrogens with zero attached hydrogens (tertiary/aromatic N) is 2. The second-order valence-electron chi connectivity index (χ2n) is 5.59. The molecule has 0 aliphatic rings. The van der Waals surface area contributed by atoms with Crippen LogP contribution in [0.4, 0.5) is 0 Å². The Morgan fingerprint density at radius 2 is 1.23 bits per heavy atom. The van der Waals surface area contributed by atoms with Gasteiger partial charge in [0.2, 0.25) is 0 Å². The molecule has 0 aliphatic heterocycles. The molecule has 0 aromatic heterocycles. The molecule has 0 unspecified atom stereocenters. The van der Waals surface area contributed by atoms with Crippen LogP contribution in [-0.4, -0.2) is 56.4 Å². The molecule has 0 bridgehead atoms. The van der Waals surface area contributed by atoms with E-state index in [4.69, 9.17) is 4.79 Å². The Balaban J connectivity index is -0.000000637. The lowest BCUT2D eigenvalue weighted by Gasteiger charge is -2.22. The topological polar surface area (TPSA) is 23.6 Å². The molecule has 0 saturated heterocycles. The molecule has 0 spiro atoms. The van der Waals surface area contributed by atoms with E-state index < -0.39 is 0 Å². The molecule has 22 heavy (non-hydrogen) atoms. The highest BCUT2D eigenvalue weighted by Crippen LogP contribution is 2.07. The molecule has 0 aromatic rings. The van der Waals surface area contributed by atoms with Crippen molar-refractivity contribution in [1.29, 1.82) is 0 Å². The van der Waals surface area contributed by atoms with E-state index in [0.717, 1.165) is 6.29 Å². The molecule has 0 heterocycles. The first-order valence-corrected chi connectivity index (χ1v) is 9.39. The van der Waals surface area contributed by atoms with Crippen LogP contribution in [0.15, 0.2) is 0 Å². The van der Waals surface area contributed by atoms with Crippen molar-refractivity contribution in [2.24, 2.45) is 0 Å². The van der Waals surface area contributed by atoms with Crippen molar-refractivity contribution < 1.29 is 4.79 Å². The normalized spacial score (nSPS) is 9.86. The number of unbranched alkanes of at least 4 members (excludes halogenated alkanes) is 6. The quantitative estimate of drug-likeness (QED) is 0.380. The summed E-state index contributed by atoms with van der Waals surface area (Å²) in [5, 5.41) is 0. The number of hydrogen-bond donors (Lipinski definition) is 0. The first kappa shape index (κ1) is 26.5. The predicted molar refractivity (Wildman–Crippen MR) is 102 cm³/mol. The minimum Gasteiger partial charge on any atom is -0.308 e. The van der Waals surface area contributed by atoms with Crippen molar-refractivity contribution in [3.05, 3.63) is 0 Å². The molecule has 0 atom stereocenters. The first-order chi connectivity index (χ1) is 10.6. The standard InChI is InChI=1S/C15H34N2.C2H4O.C2H6/c1-5-7-8-9-10-11-12-13-17(6-2)15-14-16(3)4;1-2-3;1-2/h5-15H2,1-4H3;2H,1H3;1-2H3. The van der Waals surface area contributed by atoms with Crippen LogP contribution in [0.25, 0.3) is 0 Å². The number of hydrogen-bond acceptors (Lipinski definition) is 3. The molecule has 136 valence electrons. The summed E-state index contributed by atoms with van der Waals surface area (Å²) >= 11 is 0. The van der Waals surface area contributed by atoms with Crippen LogP contribution in [0.1, 0.15) is 79.6 Å². The van der Waals surface area contributed by atoms with Crippen molar-refractivity contribution in [2.75, 3.05) is 40.3 Å². The van der Waals surface area contributed by atoms with E-state index in [1.54, 1.807) is 0 Å². The smallest absolute Gasteiger partial charge is 0.116 e. The summed E-state index contributed by atoms with van der Waals surface area (Å²) in [7, 11) is 4.31. The third-order valence-electron chi connectivity index (χ3n) is 3.39. The monoisotopic (exact) mass is 316 g/mol. The molecule has 3 nitrogen and oxygen atoms in total. The molecule has 0 saturated carbocycles. The molecule has 0 N–H and O–H groups in total. The van der Waals surface area contributed by atoms with Crippen LogP contribution in [0.3, 0.4) is 0 Å². The zero-order chi connectivity index (χ0) is 17.6. The average Bonchev–Trinajstić information content (AvgIpc) is 2.52. The number of carbonyl (C=O) groups is 1.